The minimum Gasteiger partial charge on any atom is -0.497 e. The highest BCUT2D eigenvalue weighted by atomic mass is 19.1. The third kappa shape index (κ3) is 4.02. The number of rotatable bonds is 4. The number of nitrogens with zero attached hydrogens (tertiary/aromatic N) is 2. The van der Waals surface area contributed by atoms with Gasteiger partial charge in [0.25, 0.3) is 11.8 Å². The molecule has 0 saturated carbocycles. The van der Waals surface area contributed by atoms with Crippen molar-refractivity contribution in [3.63, 3.8) is 0 Å². The summed E-state index contributed by atoms with van der Waals surface area (Å²) in [5.41, 5.74) is 0.812. The molecule has 0 unspecified atom stereocenters. The minimum atomic E-state index is -0.574. The van der Waals surface area contributed by atoms with E-state index in [9.17, 15) is 14.0 Å². The molecule has 7 heteroatoms. The molecule has 0 aliphatic carbocycles. The molecule has 2 aromatic carbocycles. The number of amides is 2. The van der Waals surface area contributed by atoms with Gasteiger partial charge in [0.1, 0.15) is 5.75 Å². The molecule has 27 heavy (non-hydrogen) atoms. The smallest absolute Gasteiger partial charge is 0.254 e. The molecule has 1 saturated heterocycles. The lowest BCUT2D eigenvalue weighted by Gasteiger charge is -2.35. The summed E-state index contributed by atoms with van der Waals surface area (Å²) in [6, 6.07) is 11.1. The van der Waals surface area contributed by atoms with Gasteiger partial charge in [0, 0.05) is 37.3 Å². The first-order chi connectivity index (χ1) is 13.0. The Morgan fingerprint density at radius 1 is 0.852 bits per heavy atom. The third-order valence-electron chi connectivity index (χ3n) is 4.57. The monoisotopic (exact) mass is 372 g/mol. The van der Waals surface area contributed by atoms with E-state index >= 15 is 0 Å². The molecule has 0 aromatic heterocycles. The Morgan fingerprint density at radius 3 is 1.96 bits per heavy atom. The maximum absolute atomic E-state index is 13.8. The summed E-state index contributed by atoms with van der Waals surface area (Å²) in [6.45, 7) is 1.62. The highest BCUT2D eigenvalue weighted by molar-refractivity contribution is 5.96. The van der Waals surface area contributed by atoms with Gasteiger partial charge in [0.15, 0.2) is 11.6 Å². The van der Waals surface area contributed by atoms with E-state index in [1.54, 1.807) is 41.2 Å². The van der Waals surface area contributed by atoms with Crippen LogP contribution in [0.1, 0.15) is 20.7 Å². The SMILES string of the molecule is COc1cccc(C(=O)N2CCN(C(=O)c3ccc(OC)c(F)c3)CC2)c1. The molecule has 2 amide bonds. The van der Waals surface area contributed by atoms with Gasteiger partial charge < -0.3 is 19.3 Å². The van der Waals surface area contributed by atoms with Crippen molar-refractivity contribution in [1.29, 1.82) is 0 Å². The highest BCUT2D eigenvalue weighted by Gasteiger charge is 2.26. The number of carbonyl (C=O) groups excluding carboxylic acids is 2. The standard InChI is InChI=1S/C20H21FN2O4/c1-26-16-5-3-4-14(12-16)19(24)22-8-10-23(11-9-22)20(25)15-6-7-18(27-2)17(21)13-15/h3-7,12-13H,8-11H2,1-2H3. The fraction of sp³-hybridized carbons (Fsp3) is 0.300. The zero-order valence-electron chi connectivity index (χ0n) is 15.3. The van der Waals surface area contributed by atoms with Crippen molar-refractivity contribution in [1.82, 2.24) is 9.80 Å². The molecule has 1 fully saturated rings. The first-order valence-corrected chi connectivity index (χ1v) is 8.59. The van der Waals surface area contributed by atoms with Crippen LogP contribution in [-0.4, -0.2) is 62.0 Å². The van der Waals surface area contributed by atoms with Crippen LogP contribution in [-0.2, 0) is 0 Å². The molecule has 6 nitrogen and oxygen atoms in total. The van der Waals surface area contributed by atoms with Gasteiger partial charge in [-0.05, 0) is 36.4 Å². The summed E-state index contributed by atoms with van der Waals surface area (Å²) < 4.78 is 23.9. The number of piperazine rings is 1. The lowest BCUT2D eigenvalue weighted by molar-refractivity contribution is 0.0535. The molecule has 0 N–H and O–H groups in total. The van der Waals surface area contributed by atoms with Gasteiger partial charge >= 0.3 is 0 Å². The number of benzene rings is 2. The quantitative estimate of drug-likeness (QED) is 0.827. The molecule has 0 atom stereocenters. The molecule has 0 radical (unpaired) electrons. The number of hydrogen-bond donors (Lipinski definition) is 0. The topological polar surface area (TPSA) is 59.1 Å². The van der Waals surface area contributed by atoms with Crippen LogP contribution in [0.15, 0.2) is 42.5 Å². The number of ether oxygens (including phenoxy) is 2. The van der Waals surface area contributed by atoms with Gasteiger partial charge in [0.2, 0.25) is 0 Å². The van der Waals surface area contributed by atoms with Crippen LogP contribution in [0.4, 0.5) is 4.39 Å². The summed E-state index contributed by atoms with van der Waals surface area (Å²) in [6.07, 6.45) is 0. The Hall–Kier alpha value is -3.09. The van der Waals surface area contributed by atoms with Crippen LogP contribution in [0, 0.1) is 5.82 Å². The number of methoxy groups -OCH3 is 2. The van der Waals surface area contributed by atoms with E-state index in [4.69, 9.17) is 9.47 Å². The maximum atomic E-state index is 13.8. The van der Waals surface area contributed by atoms with Crippen LogP contribution in [0.25, 0.3) is 0 Å². The van der Waals surface area contributed by atoms with E-state index in [1.807, 2.05) is 0 Å². The van der Waals surface area contributed by atoms with E-state index < -0.39 is 5.82 Å². The highest BCUT2D eigenvalue weighted by Crippen LogP contribution is 2.20. The van der Waals surface area contributed by atoms with Gasteiger partial charge in [-0.15, -0.1) is 0 Å². The first kappa shape index (κ1) is 18.7. The lowest BCUT2D eigenvalue weighted by Crippen LogP contribution is -2.50. The minimum absolute atomic E-state index is 0.0975. The van der Waals surface area contributed by atoms with Crippen molar-refractivity contribution in [2.24, 2.45) is 0 Å². The fourth-order valence-electron chi connectivity index (χ4n) is 3.03. The molecule has 1 heterocycles. The second-order valence-corrected chi connectivity index (χ2v) is 6.17. The predicted molar refractivity (Wildman–Crippen MR) is 97.8 cm³/mol. The summed E-state index contributed by atoms with van der Waals surface area (Å²) in [5, 5.41) is 0. The lowest BCUT2D eigenvalue weighted by atomic mass is 10.1. The van der Waals surface area contributed by atoms with Crippen molar-refractivity contribution < 1.29 is 23.5 Å². The van der Waals surface area contributed by atoms with Crippen LogP contribution in [0.3, 0.4) is 0 Å². The molecule has 0 spiro atoms. The van der Waals surface area contributed by atoms with Gasteiger partial charge in [-0.2, -0.15) is 0 Å². The van der Waals surface area contributed by atoms with E-state index in [0.717, 1.165) is 0 Å². The summed E-state index contributed by atoms with van der Waals surface area (Å²) >= 11 is 0. The second-order valence-electron chi connectivity index (χ2n) is 6.17. The van der Waals surface area contributed by atoms with Gasteiger partial charge in [-0.3, -0.25) is 9.59 Å². The first-order valence-electron chi connectivity index (χ1n) is 8.59. The number of hydrogen-bond acceptors (Lipinski definition) is 4. The van der Waals surface area contributed by atoms with Crippen LogP contribution in [0.5, 0.6) is 11.5 Å². The zero-order valence-corrected chi connectivity index (χ0v) is 15.3. The Bertz CT molecular complexity index is 848. The van der Waals surface area contributed by atoms with E-state index in [-0.39, 0.29) is 23.1 Å². The van der Waals surface area contributed by atoms with Crippen molar-refractivity contribution in [2.45, 2.75) is 0 Å². The average Bonchev–Trinajstić information content (AvgIpc) is 2.72. The number of carbonyl (C=O) groups is 2. The summed E-state index contributed by atoms with van der Waals surface area (Å²) in [7, 11) is 2.93. The largest absolute Gasteiger partial charge is 0.497 e. The van der Waals surface area contributed by atoms with Crippen molar-refractivity contribution >= 4 is 11.8 Å². The Kier molecular flexibility index (Phi) is 5.59. The van der Waals surface area contributed by atoms with Crippen molar-refractivity contribution in [3.05, 3.63) is 59.4 Å². The second kappa shape index (κ2) is 8.07. The summed E-state index contributed by atoms with van der Waals surface area (Å²) in [5.74, 6) is -0.215. The molecule has 3 rings (SSSR count). The van der Waals surface area contributed by atoms with Crippen LogP contribution < -0.4 is 9.47 Å². The average molecular weight is 372 g/mol. The van der Waals surface area contributed by atoms with Crippen LogP contribution in [0.2, 0.25) is 0 Å². The zero-order chi connectivity index (χ0) is 19.4. The van der Waals surface area contributed by atoms with Gasteiger partial charge in [0.05, 0.1) is 14.2 Å². The molecule has 1 aliphatic heterocycles. The predicted octanol–water partition coefficient (Wildman–Crippen LogP) is 2.44. The number of halogens is 1. The summed E-state index contributed by atoms with van der Waals surface area (Å²) in [4.78, 5) is 28.5. The van der Waals surface area contributed by atoms with Crippen LogP contribution >= 0.6 is 0 Å². The van der Waals surface area contributed by atoms with Crippen molar-refractivity contribution in [3.8, 4) is 11.5 Å². The Morgan fingerprint density at radius 2 is 1.44 bits per heavy atom. The molecule has 142 valence electrons. The molecule has 1 aliphatic rings. The Balaban J connectivity index is 1.63. The molecule has 2 aromatic rings. The van der Waals surface area contributed by atoms with Gasteiger partial charge in [-0.25, -0.2) is 4.39 Å². The van der Waals surface area contributed by atoms with Gasteiger partial charge in [-0.1, -0.05) is 6.07 Å². The fourth-order valence-corrected chi connectivity index (χ4v) is 3.03. The van der Waals surface area contributed by atoms with E-state index in [1.165, 1.54) is 25.3 Å². The van der Waals surface area contributed by atoms with E-state index in [0.29, 0.717) is 37.5 Å². The third-order valence-corrected chi connectivity index (χ3v) is 4.57. The molecular formula is C20H21FN2O4. The maximum Gasteiger partial charge on any atom is 0.254 e. The van der Waals surface area contributed by atoms with E-state index in [2.05, 4.69) is 0 Å². The Labute approximate surface area is 157 Å². The molecule has 0 bridgehead atoms. The normalized spacial score (nSPS) is 14.0. The van der Waals surface area contributed by atoms with Crippen molar-refractivity contribution in [2.75, 3.05) is 40.4 Å². The molecular weight excluding hydrogens is 351 g/mol.